The van der Waals surface area contributed by atoms with Crippen LogP contribution in [0.5, 0.6) is 11.6 Å². The van der Waals surface area contributed by atoms with Crippen molar-refractivity contribution < 1.29 is 18.3 Å². The summed E-state index contributed by atoms with van der Waals surface area (Å²) in [6.07, 6.45) is 2.11. The van der Waals surface area contributed by atoms with E-state index in [0.717, 1.165) is 44.4 Å². The Hall–Kier alpha value is -4.25. The van der Waals surface area contributed by atoms with Gasteiger partial charge in [0.05, 0.1) is 5.52 Å². The number of aromatic nitrogens is 3. The molecule has 11 heteroatoms. The Kier molecular flexibility index (Phi) is 6.28. The first-order valence-corrected chi connectivity index (χ1v) is 12.6. The van der Waals surface area contributed by atoms with E-state index in [4.69, 9.17) is 4.74 Å². The second-order valence-corrected chi connectivity index (χ2v) is 9.47. The molecule has 38 heavy (non-hydrogen) atoms. The van der Waals surface area contributed by atoms with Crippen molar-refractivity contribution in [3.8, 4) is 11.6 Å². The summed E-state index contributed by atoms with van der Waals surface area (Å²) in [6.45, 7) is 6.62. The number of carbonyl (C=O) groups excluding carboxylic acids is 1. The minimum absolute atomic E-state index is 0.0542. The number of hydrogen-bond donors (Lipinski definition) is 3. The van der Waals surface area contributed by atoms with Crippen molar-refractivity contribution in [2.45, 2.75) is 13.3 Å². The second kappa shape index (κ2) is 9.90. The first kappa shape index (κ1) is 24.1. The molecule has 0 bridgehead atoms. The summed E-state index contributed by atoms with van der Waals surface area (Å²) >= 11 is 0. The lowest BCUT2D eigenvalue weighted by Crippen LogP contribution is -2.43. The number of amides is 1. The number of piperazine rings is 1. The molecular weight excluding hydrogens is 492 g/mol. The molecule has 2 aliphatic heterocycles. The molecule has 0 radical (unpaired) electrons. The van der Waals surface area contributed by atoms with E-state index in [1.807, 2.05) is 24.3 Å². The molecule has 4 heterocycles. The fourth-order valence-corrected chi connectivity index (χ4v) is 4.74. The van der Waals surface area contributed by atoms with Crippen LogP contribution in [-0.2, 0) is 0 Å². The number of benzene rings is 2. The van der Waals surface area contributed by atoms with E-state index in [1.165, 1.54) is 12.4 Å². The van der Waals surface area contributed by atoms with Gasteiger partial charge in [0.1, 0.15) is 11.9 Å². The number of fused-ring (bicyclic) bond motifs is 1. The van der Waals surface area contributed by atoms with Gasteiger partial charge in [-0.25, -0.2) is 18.7 Å². The first-order valence-electron chi connectivity index (χ1n) is 12.6. The van der Waals surface area contributed by atoms with E-state index in [1.54, 1.807) is 11.8 Å². The molecule has 196 valence electrons. The SMILES string of the molecule is Cc1cc2c(F)c(Oc3ncnc(Nc4ccc(N5CCNCC5)cc4)c3C(=O)N3CCC3)cc(F)c2[nH]1. The normalized spacial score (nSPS) is 15.4. The van der Waals surface area contributed by atoms with Gasteiger partial charge in [-0.05, 0) is 43.7 Å². The van der Waals surface area contributed by atoms with Crippen molar-refractivity contribution in [3.63, 3.8) is 0 Å². The van der Waals surface area contributed by atoms with E-state index >= 15 is 4.39 Å². The van der Waals surface area contributed by atoms with Crippen LogP contribution < -0.4 is 20.3 Å². The van der Waals surface area contributed by atoms with Crippen molar-refractivity contribution >= 4 is 34.0 Å². The van der Waals surface area contributed by atoms with Gasteiger partial charge in [0.2, 0.25) is 5.88 Å². The second-order valence-electron chi connectivity index (χ2n) is 9.47. The number of halogens is 2. The fourth-order valence-electron chi connectivity index (χ4n) is 4.74. The molecule has 1 amide bonds. The number of H-pyrrole nitrogens is 1. The zero-order chi connectivity index (χ0) is 26.2. The van der Waals surface area contributed by atoms with Crippen LogP contribution in [0, 0.1) is 18.6 Å². The number of aromatic amines is 1. The molecule has 0 unspecified atom stereocenters. The molecule has 2 aliphatic rings. The number of nitrogens with one attached hydrogen (secondary N) is 3. The van der Waals surface area contributed by atoms with Crippen LogP contribution in [0.3, 0.4) is 0 Å². The lowest BCUT2D eigenvalue weighted by Gasteiger charge is -2.31. The Bertz CT molecular complexity index is 1500. The third-order valence-electron chi connectivity index (χ3n) is 6.89. The largest absolute Gasteiger partial charge is 0.435 e. The van der Waals surface area contributed by atoms with Gasteiger partial charge in [0, 0.05) is 67.8 Å². The van der Waals surface area contributed by atoms with Gasteiger partial charge in [-0.3, -0.25) is 4.79 Å². The van der Waals surface area contributed by atoms with E-state index in [-0.39, 0.29) is 39.8 Å². The van der Waals surface area contributed by atoms with Gasteiger partial charge in [0.15, 0.2) is 23.2 Å². The van der Waals surface area contributed by atoms with Crippen molar-refractivity contribution in [2.75, 3.05) is 49.5 Å². The Balaban J connectivity index is 1.34. The maximum atomic E-state index is 15.3. The summed E-state index contributed by atoms with van der Waals surface area (Å²) in [7, 11) is 0. The quantitative estimate of drug-likeness (QED) is 0.349. The minimum atomic E-state index is -0.746. The fraction of sp³-hybridized carbons (Fsp3) is 0.296. The van der Waals surface area contributed by atoms with Crippen LogP contribution in [-0.4, -0.2) is 65.0 Å². The van der Waals surface area contributed by atoms with Gasteiger partial charge < -0.3 is 30.2 Å². The maximum absolute atomic E-state index is 15.3. The Morgan fingerprint density at radius 1 is 1.05 bits per heavy atom. The molecule has 6 rings (SSSR count). The van der Waals surface area contributed by atoms with Crippen molar-refractivity contribution in [1.82, 2.24) is 25.2 Å². The van der Waals surface area contributed by atoms with E-state index in [0.29, 0.717) is 24.5 Å². The number of likely N-dealkylation sites (tertiary alicyclic amines) is 1. The average Bonchev–Trinajstić information content (AvgIpc) is 3.30. The standard InChI is InChI=1S/C27H27F2N7O2/c1-16-13-19-23(29)21(14-20(28)24(19)33-16)38-26-22(27(37)36-9-2-10-36)25(31-15-32-26)34-17-3-5-18(6-4-17)35-11-7-30-8-12-35/h3-6,13-15,30,33H,2,7-12H2,1H3,(H,31,32,34). The molecule has 4 aromatic rings. The molecule has 2 aromatic carbocycles. The molecule has 0 atom stereocenters. The van der Waals surface area contributed by atoms with E-state index < -0.39 is 11.6 Å². The number of rotatable bonds is 6. The predicted octanol–water partition coefficient (Wildman–Crippen LogP) is 4.34. The molecule has 0 saturated carbocycles. The average molecular weight is 520 g/mol. The third-order valence-corrected chi connectivity index (χ3v) is 6.89. The molecule has 2 saturated heterocycles. The van der Waals surface area contributed by atoms with Crippen LogP contribution in [0.1, 0.15) is 22.5 Å². The highest BCUT2D eigenvalue weighted by Gasteiger charge is 2.30. The molecule has 0 aliphatic carbocycles. The molecular formula is C27H27F2N7O2. The minimum Gasteiger partial charge on any atom is -0.435 e. The summed E-state index contributed by atoms with van der Waals surface area (Å²) in [5.74, 6) is -2.05. The zero-order valence-corrected chi connectivity index (χ0v) is 20.9. The van der Waals surface area contributed by atoms with Crippen LogP contribution in [0.25, 0.3) is 10.9 Å². The van der Waals surface area contributed by atoms with Crippen molar-refractivity contribution in [3.05, 3.63) is 65.6 Å². The summed E-state index contributed by atoms with van der Waals surface area (Å²) in [6, 6.07) is 10.3. The van der Waals surface area contributed by atoms with Crippen LogP contribution in [0.15, 0.2) is 42.7 Å². The van der Waals surface area contributed by atoms with Crippen LogP contribution in [0.4, 0.5) is 26.0 Å². The lowest BCUT2D eigenvalue weighted by atomic mass is 10.1. The number of hydrogen-bond acceptors (Lipinski definition) is 7. The first-order chi connectivity index (χ1) is 18.5. The smallest absolute Gasteiger partial charge is 0.263 e. The topological polar surface area (TPSA) is 98.4 Å². The number of ether oxygens (including phenoxy) is 1. The van der Waals surface area contributed by atoms with Gasteiger partial charge in [-0.15, -0.1) is 0 Å². The van der Waals surface area contributed by atoms with Crippen molar-refractivity contribution in [2.24, 2.45) is 0 Å². The Morgan fingerprint density at radius 2 is 1.82 bits per heavy atom. The molecule has 9 nitrogen and oxygen atoms in total. The predicted molar refractivity (Wildman–Crippen MR) is 140 cm³/mol. The zero-order valence-electron chi connectivity index (χ0n) is 20.9. The highest BCUT2D eigenvalue weighted by Crippen LogP contribution is 2.36. The molecule has 2 aromatic heterocycles. The number of carbonyl (C=O) groups is 1. The number of anilines is 3. The summed E-state index contributed by atoms with van der Waals surface area (Å²) < 4.78 is 35.8. The number of nitrogens with zero attached hydrogens (tertiary/aromatic N) is 4. The third kappa shape index (κ3) is 4.49. The summed E-state index contributed by atoms with van der Waals surface area (Å²) in [4.78, 5) is 28.6. The summed E-state index contributed by atoms with van der Waals surface area (Å²) in [5.41, 5.74) is 2.54. The lowest BCUT2D eigenvalue weighted by molar-refractivity contribution is 0.0649. The number of aryl methyl sites for hydroxylation is 1. The Morgan fingerprint density at radius 3 is 2.53 bits per heavy atom. The molecule has 2 fully saturated rings. The molecule has 0 spiro atoms. The van der Waals surface area contributed by atoms with Crippen molar-refractivity contribution in [1.29, 1.82) is 0 Å². The highest BCUT2D eigenvalue weighted by atomic mass is 19.1. The van der Waals surface area contributed by atoms with Gasteiger partial charge in [-0.2, -0.15) is 0 Å². The van der Waals surface area contributed by atoms with Crippen LogP contribution >= 0.6 is 0 Å². The van der Waals surface area contributed by atoms with E-state index in [2.05, 4.69) is 30.5 Å². The molecule has 3 N–H and O–H groups in total. The summed E-state index contributed by atoms with van der Waals surface area (Å²) in [5, 5.41) is 6.59. The van der Waals surface area contributed by atoms with E-state index in [9.17, 15) is 9.18 Å². The Labute approximate surface area is 217 Å². The van der Waals surface area contributed by atoms with Crippen LogP contribution in [0.2, 0.25) is 0 Å². The monoisotopic (exact) mass is 519 g/mol. The van der Waals surface area contributed by atoms with Gasteiger partial charge in [0.25, 0.3) is 5.91 Å². The highest BCUT2D eigenvalue weighted by molar-refractivity contribution is 6.02. The maximum Gasteiger partial charge on any atom is 0.263 e. The van der Waals surface area contributed by atoms with Gasteiger partial charge >= 0.3 is 0 Å². The van der Waals surface area contributed by atoms with Gasteiger partial charge in [-0.1, -0.05) is 0 Å².